The molecule has 0 N–H and O–H groups in total. The third kappa shape index (κ3) is 2.83. The van der Waals surface area contributed by atoms with Crippen molar-refractivity contribution in [2.24, 2.45) is 0 Å². The Bertz CT molecular complexity index is 1190. The van der Waals surface area contributed by atoms with Crippen LogP contribution < -0.4 is 0 Å². The molecule has 4 aromatic rings. The zero-order valence-corrected chi connectivity index (χ0v) is 15.4. The van der Waals surface area contributed by atoms with E-state index in [1.54, 1.807) is 15.5 Å². The maximum Gasteiger partial charge on any atom is 0.272 e. The van der Waals surface area contributed by atoms with Crippen LogP contribution in [-0.4, -0.2) is 44.4 Å². The van der Waals surface area contributed by atoms with Gasteiger partial charge in [0.25, 0.3) is 5.91 Å². The quantitative estimate of drug-likeness (QED) is 0.528. The van der Waals surface area contributed by atoms with Crippen molar-refractivity contribution >= 4 is 22.7 Å². The third-order valence-corrected chi connectivity index (χ3v) is 5.26. The number of hydrogen-bond acceptors (Lipinski definition) is 4. The summed E-state index contributed by atoms with van der Waals surface area (Å²) < 4.78 is 20.7. The number of oxazole rings is 1. The van der Waals surface area contributed by atoms with E-state index in [-0.39, 0.29) is 5.91 Å². The van der Waals surface area contributed by atoms with E-state index in [1.165, 1.54) is 0 Å². The Morgan fingerprint density at radius 3 is 2.79 bits per heavy atom. The average molecular weight is 378 g/mol. The van der Waals surface area contributed by atoms with Crippen LogP contribution in [0.4, 0.5) is 4.39 Å². The fraction of sp³-hybridized carbons (Fsp3) is 0.286. The number of aromatic nitrogens is 3. The van der Waals surface area contributed by atoms with Gasteiger partial charge in [-0.25, -0.2) is 14.4 Å². The van der Waals surface area contributed by atoms with Crippen molar-refractivity contribution in [1.29, 1.82) is 0 Å². The average Bonchev–Trinajstić information content (AvgIpc) is 3.29. The van der Waals surface area contributed by atoms with E-state index >= 15 is 0 Å². The number of carbonyl (C=O) groups excluding carboxylic acids is 1. The molecule has 1 amide bonds. The molecule has 1 aliphatic rings. The molecule has 7 heteroatoms. The van der Waals surface area contributed by atoms with Gasteiger partial charge in [-0.15, -0.1) is 0 Å². The number of nitrogens with zero attached hydrogens (tertiary/aromatic N) is 4. The van der Waals surface area contributed by atoms with Gasteiger partial charge in [0.2, 0.25) is 0 Å². The summed E-state index contributed by atoms with van der Waals surface area (Å²) in [5.41, 5.74) is 4.67. The standard InChI is InChI=1S/C21H19FN4O2/c1-13-24-17-10-14(2-4-19(17)28-13)15-3-5-20-23-11-18(26(20)12-15)21(27)25-8-6-16(22)7-9-25/h2-5,10-12,16H,6-9H2,1H3. The number of benzene rings is 1. The number of alkyl halides is 1. The van der Waals surface area contributed by atoms with Crippen LogP contribution in [0.25, 0.3) is 27.9 Å². The summed E-state index contributed by atoms with van der Waals surface area (Å²) in [6.45, 7) is 2.70. The predicted molar refractivity (Wildman–Crippen MR) is 103 cm³/mol. The lowest BCUT2D eigenvalue weighted by Crippen LogP contribution is -2.39. The third-order valence-electron chi connectivity index (χ3n) is 5.26. The SMILES string of the molecule is Cc1nc2cc(-c3ccc4ncc(C(=O)N5CCC(F)CC5)n4c3)ccc2o1. The summed E-state index contributed by atoms with van der Waals surface area (Å²) in [5.74, 6) is 0.515. The van der Waals surface area contributed by atoms with Gasteiger partial charge in [0.15, 0.2) is 11.5 Å². The van der Waals surface area contributed by atoms with Crippen molar-refractivity contribution in [3.8, 4) is 11.1 Å². The number of halogens is 1. The molecule has 1 saturated heterocycles. The molecule has 1 aliphatic heterocycles. The van der Waals surface area contributed by atoms with Gasteiger partial charge in [-0.2, -0.15) is 0 Å². The molecule has 0 unspecified atom stereocenters. The molecule has 0 spiro atoms. The van der Waals surface area contributed by atoms with Crippen LogP contribution in [0.15, 0.2) is 47.1 Å². The molecule has 1 aromatic carbocycles. The fourth-order valence-electron chi connectivity index (χ4n) is 3.74. The lowest BCUT2D eigenvalue weighted by atomic mass is 10.1. The van der Waals surface area contributed by atoms with Crippen LogP contribution in [0.2, 0.25) is 0 Å². The van der Waals surface area contributed by atoms with Gasteiger partial charge >= 0.3 is 0 Å². The van der Waals surface area contributed by atoms with E-state index in [0.29, 0.717) is 43.2 Å². The number of hydrogen-bond donors (Lipinski definition) is 0. The van der Waals surface area contributed by atoms with Gasteiger partial charge < -0.3 is 9.32 Å². The van der Waals surface area contributed by atoms with Crippen molar-refractivity contribution in [3.05, 3.63) is 54.3 Å². The smallest absolute Gasteiger partial charge is 0.272 e. The molecule has 0 atom stereocenters. The molecule has 0 aliphatic carbocycles. The van der Waals surface area contributed by atoms with E-state index in [4.69, 9.17) is 4.42 Å². The number of rotatable bonds is 2. The van der Waals surface area contributed by atoms with Crippen LogP contribution in [0, 0.1) is 6.92 Å². The lowest BCUT2D eigenvalue weighted by molar-refractivity contribution is 0.0660. The molecule has 0 saturated carbocycles. The van der Waals surface area contributed by atoms with Crippen LogP contribution >= 0.6 is 0 Å². The van der Waals surface area contributed by atoms with Crippen LogP contribution in [0.5, 0.6) is 0 Å². The Morgan fingerprint density at radius 2 is 1.96 bits per heavy atom. The minimum absolute atomic E-state index is 0.112. The highest BCUT2D eigenvalue weighted by Gasteiger charge is 2.25. The number of likely N-dealkylation sites (tertiary alicyclic amines) is 1. The normalized spacial score (nSPS) is 15.6. The Morgan fingerprint density at radius 1 is 1.18 bits per heavy atom. The van der Waals surface area contributed by atoms with Crippen LogP contribution in [0.3, 0.4) is 0 Å². The first-order valence-electron chi connectivity index (χ1n) is 9.36. The van der Waals surface area contributed by atoms with Crippen molar-refractivity contribution in [1.82, 2.24) is 19.3 Å². The lowest BCUT2D eigenvalue weighted by Gasteiger charge is -2.28. The summed E-state index contributed by atoms with van der Waals surface area (Å²) in [5, 5.41) is 0. The molecule has 0 radical (unpaired) electrons. The number of imidazole rings is 1. The molecule has 6 nitrogen and oxygen atoms in total. The Labute approximate surface area is 160 Å². The Kier molecular flexibility index (Phi) is 3.89. The highest BCUT2D eigenvalue weighted by Crippen LogP contribution is 2.26. The summed E-state index contributed by atoms with van der Waals surface area (Å²) in [7, 11) is 0. The number of carbonyl (C=O) groups is 1. The molecule has 5 rings (SSSR count). The summed E-state index contributed by atoms with van der Waals surface area (Å²) in [6, 6.07) is 9.70. The van der Waals surface area contributed by atoms with Gasteiger partial charge in [0.05, 0.1) is 6.20 Å². The maximum absolute atomic E-state index is 13.4. The van der Waals surface area contributed by atoms with Crippen molar-refractivity contribution in [2.45, 2.75) is 25.9 Å². The number of fused-ring (bicyclic) bond motifs is 2. The minimum atomic E-state index is -0.812. The highest BCUT2D eigenvalue weighted by atomic mass is 19.1. The van der Waals surface area contributed by atoms with E-state index < -0.39 is 6.17 Å². The molecular formula is C21H19FN4O2. The molecule has 4 heterocycles. The van der Waals surface area contributed by atoms with Gasteiger partial charge in [0.1, 0.15) is 23.0 Å². The second kappa shape index (κ2) is 6.44. The molecule has 28 heavy (non-hydrogen) atoms. The number of aryl methyl sites for hydroxylation is 1. The molecule has 3 aromatic heterocycles. The summed E-state index contributed by atoms with van der Waals surface area (Å²) in [6.07, 6.45) is 3.47. The van der Waals surface area contributed by atoms with E-state index in [9.17, 15) is 9.18 Å². The van der Waals surface area contributed by atoms with E-state index in [0.717, 1.165) is 22.2 Å². The number of piperidine rings is 1. The van der Waals surface area contributed by atoms with E-state index in [2.05, 4.69) is 9.97 Å². The summed E-state index contributed by atoms with van der Waals surface area (Å²) >= 11 is 0. The highest BCUT2D eigenvalue weighted by molar-refractivity contribution is 5.93. The molecule has 0 bridgehead atoms. The van der Waals surface area contributed by atoms with Crippen molar-refractivity contribution in [3.63, 3.8) is 0 Å². The van der Waals surface area contributed by atoms with Crippen molar-refractivity contribution in [2.75, 3.05) is 13.1 Å². The van der Waals surface area contributed by atoms with Gasteiger partial charge in [-0.05, 0) is 48.2 Å². The van der Waals surface area contributed by atoms with Crippen molar-refractivity contribution < 1.29 is 13.6 Å². The largest absolute Gasteiger partial charge is 0.441 e. The monoisotopic (exact) mass is 378 g/mol. The first kappa shape index (κ1) is 16.9. The Hall–Kier alpha value is -3.22. The fourth-order valence-corrected chi connectivity index (χ4v) is 3.74. The topological polar surface area (TPSA) is 63.6 Å². The molecule has 1 fully saturated rings. The molecule has 142 valence electrons. The first-order valence-corrected chi connectivity index (χ1v) is 9.36. The maximum atomic E-state index is 13.4. The predicted octanol–water partition coefficient (Wildman–Crippen LogP) is 4.03. The number of pyridine rings is 1. The number of amides is 1. The van der Waals surface area contributed by atoms with Gasteiger partial charge in [-0.3, -0.25) is 9.20 Å². The minimum Gasteiger partial charge on any atom is -0.441 e. The zero-order chi connectivity index (χ0) is 19.3. The van der Waals surface area contributed by atoms with Gasteiger partial charge in [0, 0.05) is 26.2 Å². The van der Waals surface area contributed by atoms with E-state index in [1.807, 2.05) is 43.5 Å². The zero-order valence-electron chi connectivity index (χ0n) is 15.4. The van der Waals surface area contributed by atoms with Gasteiger partial charge in [-0.1, -0.05) is 6.07 Å². The second-order valence-electron chi connectivity index (χ2n) is 7.17. The van der Waals surface area contributed by atoms with Crippen LogP contribution in [-0.2, 0) is 0 Å². The molecular weight excluding hydrogens is 359 g/mol. The Balaban J connectivity index is 1.53. The first-order chi connectivity index (χ1) is 13.6. The van der Waals surface area contributed by atoms with Crippen LogP contribution in [0.1, 0.15) is 29.2 Å². The second-order valence-corrected chi connectivity index (χ2v) is 7.17. The summed E-state index contributed by atoms with van der Waals surface area (Å²) in [4.78, 5) is 23.4.